The van der Waals surface area contributed by atoms with Gasteiger partial charge in [-0.3, -0.25) is 9.78 Å². The average molecular weight is 295 g/mol. The van der Waals surface area contributed by atoms with Crippen molar-refractivity contribution in [3.63, 3.8) is 0 Å². The maximum Gasteiger partial charge on any atom is 0.273 e. The molecule has 2 atom stereocenters. The van der Waals surface area contributed by atoms with Crippen LogP contribution in [0.15, 0.2) is 36.5 Å². The number of hydrogen-bond acceptors (Lipinski definition) is 3. The van der Waals surface area contributed by atoms with Crippen LogP contribution in [0.5, 0.6) is 0 Å². The third-order valence-corrected chi connectivity index (χ3v) is 5.18. The Morgan fingerprint density at radius 1 is 1.09 bits per heavy atom. The maximum atomic E-state index is 12.9. The molecule has 114 valence electrons. The number of pyridine rings is 1. The molecule has 2 aliphatic heterocycles. The number of rotatable bonds is 1. The Morgan fingerprint density at radius 2 is 1.82 bits per heavy atom. The van der Waals surface area contributed by atoms with Crippen molar-refractivity contribution < 1.29 is 4.79 Å². The van der Waals surface area contributed by atoms with Crippen molar-refractivity contribution in [3.05, 3.63) is 42.2 Å². The van der Waals surface area contributed by atoms with E-state index in [0.717, 1.165) is 61.6 Å². The molecule has 3 heterocycles. The lowest BCUT2D eigenvalue weighted by Crippen LogP contribution is -2.33. The van der Waals surface area contributed by atoms with E-state index in [1.807, 2.05) is 35.2 Å². The monoisotopic (exact) mass is 295 g/mol. The molecule has 0 bridgehead atoms. The van der Waals surface area contributed by atoms with Gasteiger partial charge in [-0.15, -0.1) is 0 Å². The maximum absolute atomic E-state index is 12.9. The fraction of sp³-hybridized carbons (Fsp3) is 0.444. The summed E-state index contributed by atoms with van der Waals surface area (Å²) in [4.78, 5) is 19.3. The second-order valence-corrected chi connectivity index (χ2v) is 6.43. The number of hydrogen-bond donors (Lipinski definition) is 1. The molecule has 2 aromatic rings. The molecule has 2 fully saturated rings. The zero-order chi connectivity index (χ0) is 14.9. The Morgan fingerprint density at radius 3 is 2.59 bits per heavy atom. The standard InChI is InChI=1S/C18H21N3O/c22-18(17-16-4-2-1-3-13(16)5-8-20-17)21-9-6-14-11-19-12-15(14)7-10-21/h1-5,8,14-15,19H,6-7,9-12H2/t14-,15+. The minimum Gasteiger partial charge on any atom is -0.337 e. The predicted molar refractivity (Wildman–Crippen MR) is 86.7 cm³/mol. The number of nitrogens with zero attached hydrogens (tertiary/aromatic N) is 2. The summed E-state index contributed by atoms with van der Waals surface area (Å²) in [6.45, 7) is 3.93. The van der Waals surface area contributed by atoms with Gasteiger partial charge >= 0.3 is 0 Å². The predicted octanol–water partition coefficient (Wildman–Crippen LogP) is 2.31. The van der Waals surface area contributed by atoms with Crippen LogP contribution in [0.3, 0.4) is 0 Å². The first-order chi connectivity index (χ1) is 10.8. The summed E-state index contributed by atoms with van der Waals surface area (Å²) in [6.07, 6.45) is 3.95. The lowest BCUT2D eigenvalue weighted by molar-refractivity contribution is 0.0755. The van der Waals surface area contributed by atoms with Crippen LogP contribution in [0.1, 0.15) is 23.3 Å². The molecule has 0 spiro atoms. The number of carbonyl (C=O) groups is 1. The molecule has 0 aliphatic carbocycles. The van der Waals surface area contributed by atoms with E-state index in [2.05, 4.69) is 10.3 Å². The van der Waals surface area contributed by atoms with Crippen LogP contribution in [-0.2, 0) is 0 Å². The van der Waals surface area contributed by atoms with Gasteiger partial charge in [0.2, 0.25) is 0 Å². The first kappa shape index (κ1) is 13.7. The van der Waals surface area contributed by atoms with Crippen molar-refractivity contribution in [1.82, 2.24) is 15.2 Å². The lowest BCUT2D eigenvalue weighted by atomic mass is 9.92. The summed E-state index contributed by atoms with van der Waals surface area (Å²) in [7, 11) is 0. The molecule has 1 N–H and O–H groups in total. The van der Waals surface area contributed by atoms with Gasteiger partial charge in [0.25, 0.3) is 5.91 Å². The normalized spacial score (nSPS) is 25.0. The Balaban J connectivity index is 1.60. The van der Waals surface area contributed by atoms with Crippen LogP contribution < -0.4 is 5.32 Å². The summed E-state index contributed by atoms with van der Waals surface area (Å²) in [6, 6.07) is 9.96. The molecule has 0 unspecified atom stereocenters. The minimum atomic E-state index is 0.0877. The van der Waals surface area contributed by atoms with Crippen molar-refractivity contribution in [2.75, 3.05) is 26.2 Å². The summed E-state index contributed by atoms with van der Waals surface area (Å²) >= 11 is 0. The zero-order valence-corrected chi connectivity index (χ0v) is 12.7. The van der Waals surface area contributed by atoms with E-state index in [4.69, 9.17) is 0 Å². The SMILES string of the molecule is O=C(c1nccc2ccccc12)N1CC[C@@H]2CNC[C@@H]2CC1. The van der Waals surface area contributed by atoms with E-state index in [1.165, 1.54) is 0 Å². The lowest BCUT2D eigenvalue weighted by Gasteiger charge is -2.21. The van der Waals surface area contributed by atoms with Crippen LogP contribution in [0.25, 0.3) is 10.8 Å². The van der Waals surface area contributed by atoms with Gasteiger partial charge in [-0.2, -0.15) is 0 Å². The van der Waals surface area contributed by atoms with E-state index in [0.29, 0.717) is 5.69 Å². The Hall–Kier alpha value is -1.94. The number of likely N-dealkylation sites (tertiary alicyclic amines) is 1. The number of nitrogens with one attached hydrogen (secondary N) is 1. The van der Waals surface area contributed by atoms with Crippen LogP contribution in [0, 0.1) is 11.8 Å². The van der Waals surface area contributed by atoms with Gasteiger partial charge in [-0.1, -0.05) is 24.3 Å². The van der Waals surface area contributed by atoms with E-state index in [9.17, 15) is 4.79 Å². The first-order valence-corrected chi connectivity index (χ1v) is 8.16. The van der Waals surface area contributed by atoms with E-state index in [1.54, 1.807) is 6.20 Å². The second-order valence-electron chi connectivity index (χ2n) is 6.43. The van der Waals surface area contributed by atoms with Gasteiger partial charge in [-0.25, -0.2) is 0 Å². The fourth-order valence-electron chi connectivity index (χ4n) is 3.86. The van der Waals surface area contributed by atoms with Gasteiger partial charge in [0.05, 0.1) is 0 Å². The molecule has 1 amide bonds. The average Bonchev–Trinajstić information content (AvgIpc) is 2.92. The van der Waals surface area contributed by atoms with Gasteiger partial charge in [0.15, 0.2) is 0 Å². The van der Waals surface area contributed by atoms with Crippen molar-refractivity contribution >= 4 is 16.7 Å². The fourth-order valence-corrected chi connectivity index (χ4v) is 3.86. The third-order valence-electron chi connectivity index (χ3n) is 5.18. The molecule has 22 heavy (non-hydrogen) atoms. The van der Waals surface area contributed by atoms with Gasteiger partial charge < -0.3 is 10.2 Å². The van der Waals surface area contributed by atoms with Crippen LogP contribution in [-0.4, -0.2) is 42.0 Å². The molecule has 4 nitrogen and oxygen atoms in total. The number of amides is 1. The molecule has 4 heteroatoms. The van der Waals surface area contributed by atoms with Gasteiger partial charge in [0.1, 0.15) is 5.69 Å². The van der Waals surface area contributed by atoms with Gasteiger partial charge in [-0.05, 0) is 49.2 Å². The van der Waals surface area contributed by atoms with Gasteiger partial charge in [0, 0.05) is 24.7 Å². The van der Waals surface area contributed by atoms with Crippen LogP contribution >= 0.6 is 0 Å². The van der Waals surface area contributed by atoms with E-state index in [-0.39, 0.29) is 5.91 Å². The summed E-state index contributed by atoms with van der Waals surface area (Å²) in [5, 5.41) is 5.52. The van der Waals surface area contributed by atoms with E-state index < -0.39 is 0 Å². The second kappa shape index (κ2) is 5.69. The highest BCUT2D eigenvalue weighted by Gasteiger charge is 2.32. The number of fused-ring (bicyclic) bond motifs is 2. The first-order valence-electron chi connectivity index (χ1n) is 8.16. The summed E-state index contributed by atoms with van der Waals surface area (Å²) in [5.74, 6) is 1.56. The number of benzene rings is 1. The van der Waals surface area contributed by atoms with Crippen molar-refractivity contribution in [2.24, 2.45) is 11.8 Å². The largest absolute Gasteiger partial charge is 0.337 e. The molecule has 0 radical (unpaired) electrons. The summed E-state index contributed by atoms with van der Waals surface area (Å²) < 4.78 is 0. The number of aromatic nitrogens is 1. The van der Waals surface area contributed by atoms with Crippen molar-refractivity contribution in [2.45, 2.75) is 12.8 Å². The summed E-state index contributed by atoms with van der Waals surface area (Å²) in [5.41, 5.74) is 0.600. The molecule has 4 rings (SSSR count). The Bertz CT molecular complexity index is 680. The smallest absolute Gasteiger partial charge is 0.273 e. The molecule has 2 saturated heterocycles. The van der Waals surface area contributed by atoms with Crippen LogP contribution in [0.2, 0.25) is 0 Å². The Kier molecular flexibility index (Phi) is 3.54. The molecule has 2 aliphatic rings. The zero-order valence-electron chi connectivity index (χ0n) is 12.7. The Labute approximate surface area is 130 Å². The van der Waals surface area contributed by atoms with Crippen molar-refractivity contribution in [1.29, 1.82) is 0 Å². The highest BCUT2D eigenvalue weighted by atomic mass is 16.2. The number of carbonyl (C=O) groups excluding carboxylic acids is 1. The third kappa shape index (κ3) is 2.37. The quantitative estimate of drug-likeness (QED) is 0.878. The molecule has 1 aromatic carbocycles. The minimum absolute atomic E-state index is 0.0877. The van der Waals surface area contributed by atoms with Crippen LogP contribution in [0.4, 0.5) is 0 Å². The highest BCUT2D eigenvalue weighted by Crippen LogP contribution is 2.28. The highest BCUT2D eigenvalue weighted by molar-refractivity contribution is 6.05. The van der Waals surface area contributed by atoms with E-state index >= 15 is 0 Å². The topological polar surface area (TPSA) is 45.2 Å². The molecular formula is C18H21N3O. The molecule has 1 aromatic heterocycles. The molecular weight excluding hydrogens is 274 g/mol. The van der Waals surface area contributed by atoms with Crippen molar-refractivity contribution in [3.8, 4) is 0 Å². The molecule has 0 saturated carbocycles.